The first-order chi connectivity index (χ1) is 9.50. The minimum atomic E-state index is -0.839. The fourth-order valence-corrected chi connectivity index (χ4v) is 2.72. The maximum absolute atomic E-state index is 12.2. The molecule has 4 nitrogen and oxygen atoms in total. The van der Waals surface area contributed by atoms with Crippen LogP contribution in [-0.4, -0.2) is 28.1 Å². The van der Waals surface area contributed by atoms with E-state index in [1.807, 2.05) is 38.1 Å². The molecule has 0 radical (unpaired) electrons. The highest BCUT2D eigenvalue weighted by molar-refractivity contribution is 9.10. The Labute approximate surface area is 126 Å². The van der Waals surface area contributed by atoms with Crippen LogP contribution >= 0.6 is 15.9 Å². The van der Waals surface area contributed by atoms with Gasteiger partial charge in [0.2, 0.25) is 0 Å². The number of rotatable bonds is 5. The molecule has 20 heavy (non-hydrogen) atoms. The van der Waals surface area contributed by atoms with E-state index in [0.29, 0.717) is 18.5 Å². The lowest BCUT2D eigenvalue weighted by Gasteiger charge is -2.25. The molecule has 0 unspecified atom stereocenters. The van der Waals surface area contributed by atoms with Crippen molar-refractivity contribution >= 4 is 32.7 Å². The van der Waals surface area contributed by atoms with E-state index in [2.05, 4.69) is 26.2 Å². The van der Waals surface area contributed by atoms with E-state index in [-0.39, 0.29) is 12.5 Å². The molecule has 0 aliphatic heterocycles. The zero-order chi connectivity index (χ0) is 14.8. The number of hydrogen-bond donors (Lipinski definition) is 3. The molecule has 0 saturated heterocycles. The molecule has 0 bridgehead atoms. The largest absolute Gasteiger partial charge is 0.388 e. The van der Waals surface area contributed by atoms with Crippen molar-refractivity contribution in [2.75, 3.05) is 6.54 Å². The fraction of sp³-hybridized carbons (Fsp3) is 0.400. The van der Waals surface area contributed by atoms with Crippen LogP contribution in [0.15, 0.2) is 28.7 Å². The molecular formula is C15H19BrN2O2. The van der Waals surface area contributed by atoms with Gasteiger partial charge >= 0.3 is 0 Å². The van der Waals surface area contributed by atoms with Crippen LogP contribution in [0, 0.1) is 0 Å². The third kappa shape index (κ3) is 2.88. The van der Waals surface area contributed by atoms with Gasteiger partial charge in [0.05, 0.1) is 10.1 Å². The van der Waals surface area contributed by atoms with E-state index in [0.717, 1.165) is 15.4 Å². The minimum Gasteiger partial charge on any atom is -0.388 e. The highest BCUT2D eigenvalue weighted by Gasteiger charge is 2.24. The van der Waals surface area contributed by atoms with Crippen LogP contribution < -0.4 is 5.32 Å². The molecule has 5 heteroatoms. The predicted octanol–water partition coefficient (Wildman–Crippen LogP) is 3.21. The Morgan fingerprint density at radius 2 is 2.00 bits per heavy atom. The summed E-state index contributed by atoms with van der Waals surface area (Å²) in [7, 11) is 0. The summed E-state index contributed by atoms with van der Waals surface area (Å²) < 4.78 is 0.752. The number of para-hydroxylation sites is 1. The molecule has 2 rings (SSSR count). The van der Waals surface area contributed by atoms with Gasteiger partial charge < -0.3 is 15.4 Å². The summed E-state index contributed by atoms with van der Waals surface area (Å²) in [5.74, 6) is -0.214. The first-order valence-corrected chi connectivity index (χ1v) is 7.57. The summed E-state index contributed by atoms with van der Waals surface area (Å²) in [5.41, 5.74) is 0.556. The number of nitrogens with one attached hydrogen (secondary N) is 2. The number of fused-ring (bicyclic) bond motifs is 1. The van der Waals surface area contributed by atoms with Gasteiger partial charge in [-0.1, -0.05) is 32.0 Å². The van der Waals surface area contributed by atoms with E-state index >= 15 is 0 Å². The van der Waals surface area contributed by atoms with Crippen LogP contribution in [0.25, 0.3) is 10.9 Å². The molecule has 0 fully saturated rings. The molecule has 108 valence electrons. The molecule has 0 aliphatic carbocycles. The number of benzene rings is 1. The summed E-state index contributed by atoms with van der Waals surface area (Å²) in [6.45, 7) is 4.07. The monoisotopic (exact) mass is 338 g/mol. The fourth-order valence-electron chi connectivity index (χ4n) is 2.10. The molecule has 1 amide bonds. The number of hydrogen-bond acceptors (Lipinski definition) is 2. The molecule has 0 aliphatic rings. The van der Waals surface area contributed by atoms with Gasteiger partial charge in [0.15, 0.2) is 0 Å². The second-order valence-corrected chi connectivity index (χ2v) is 5.77. The van der Waals surface area contributed by atoms with Gasteiger partial charge in [0, 0.05) is 17.4 Å². The number of H-pyrrole nitrogens is 1. The van der Waals surface area contributed by atoms with Gasteiger partial charge in [-0.25, -0.2) is 0 Å². The Balaban J connectivity index is 2.18. The Hall–Kier alpha value is -1.33. The quantitative estimate of drug-likeness (QED) is 0.783. The second kappa shape index (κ2) is 5.97. The molecular weight excluding hydrogens is 320 g/mol. The van der Waals surface area contributed by atoms with Gasteiger partial charge in [-0.2, -0.15) is 0 Å². The lowest BCUT2D eigenvalue weighted by molar-refractivity contribution is 0.0313. The summed E-state index contributed by atoms with van der Waals surface area (Å²) in [5, 5.41) is 14.0. The van der Waals surface area contributed by atoms with E-state index in [4.69, 9.17) is 0 Å². The van der Waals surface area contributed by atoms with Gasteiger partial charge in [-0.15, -0.1) is 0 Å². The van der Waals surface area contributed by atoms with Crippen molar-refractivity contribution in [3.63, 3.8) is 0 Å². The van der Waals surface area contributed by atoms with Crippen LogP contribution in [0.1, 0.15) is 37.2 Å². The summed E-state index contributed by atoms with van der Waals surface area (Å²) in [6, 6.07) is 7.71. The van der Waals surface area contributed by atoms with Gasteiger partial charge in [-0.3, -0.25) is 4.79 Å². The van der Waals surface area contributed by atoms with Gasteiger partial charge in [0.1, 0.15) is 5.69 Å². The number of aliphatic hydroxyl groups is 1. The van der Waals surface area contributed by atoms with Crippen molar-refractivity contribution in [3.05, 3.63) is 34.4 Å². The number of amides is 1. The van der Waals surface area contributed by atoms with Crippen LogP contribution in [0.4, 0.5) is 0 Å². The van der Waals surface area contributed by atoms with Crippen molar-refractivity contribution < 1.29 is 9.90 Å². The minimum absolute atomic E-state index is 0.214. The van der Waals surface area contributed by atoms with E-state index < -0.39 is 5.60 Å². The van der Waals surface area contributed by atoms with Crippen LogP contribution in [0.2, 0.25) is 0 Å². The first-order valence-electron chi connectivity index (χ1n) is 6.77. The number of halogens is 1. The summed E-state index contributed by atoms with van der Waals surface area (Å²) in [4.78, 5) is 15.3. The third-order valence-corrected chi connectivity index (χ3v) is 4.59. The molecule has 1 aromatic carbocycles. The molecule has 2 aromatic rings. The molecule has 0 spiro atoms. The Bertz CT molecular complexity index is 617. The lowest BCUT2D eigenvalue weighted by atomic mass is 9.97. The maximum Gasteiger partial charge on any atom is 0.269 e. The van der Waals surface area contributed by atoms with E-state index in [9.17, 15) is 9.90 Å². The number of aromatic nitrogens is 1. The molecule has 1 aromatic heterocycles. The number of carbonyl (C=O) groups excluding carboxylic acids is 1. The first kappa shape index (κ1) is 15.1. The van der Waals surface area contributed by atoms with Crippen LogP contribution in [0.5, 0.6) is 0 Å². The predicted molar refractivity (Wildman–Crippen MR) is 83.9 cm³/mol. The lowest BCUT2D eigenvalue weighted by Crippen LogP contribution is -2.42. The van der Waals surface area contributed by atoms with Gasteiger partial charge in [-0.05, 0) is 34.8 Å². The number of aromatic amines is 1. The van der Waals surface area contributed by atoms with Crippen molar-refractivity contribution in [1.29, 1.82) is 0 Å². The van der Waals surface area contributed by atoms with Crippen molar-refractivity contribution in [1.82, 2.24) is 10.3 Å². The molecule has 3 N–H and O–H groups in total. The molecule has 0 saturated carbocycles. The maximum atomic E-state index is 12.2. The highest BCUT2D eigenvalue weighted by atomic mass is 79.9. The van der Waals surface area contributed by atoms with E-state index in [1.165, 1.54) is 0 Å². The molecule has 1 heterocycles. The zero-order valence-electron chi connectivity index (χ0n) is 11.7. The third-order valence-electron chi connectivity index (χ3n) is 3.76. The Morgan fingerprint density at radius 3 is 2.60 bits per heavy atom. The Kier molecular flexibility index (Phi) is 4.50. The zero-order valence-corrected chi connectivity index (χ0v) is 13.3. The summed E-state index contributed by atoms with van der Waals surface area (Å²) in [6.07, 6.45) is 1.22. The van der Waals surface area contributed by atoms with Crippen molar-refractivity contribution in [3.8, 4) is 0 Å². The van der Waals surface area contributed by atoms with Crippen molar-refractivity contribution in [2.24, 2.45) is 0 Å². The summed E-state index contributed by atoms with van der Waals surface area (Å²) >= 11 is 3.45. The standard InChI is InChI=1S/C15H19BrN2O2/c1-3-15(20,4-2)9-17-14(19)13-12(16)10-7-5-6-8-11(10)18-13/h5-8,18,20H,3-4,9H2,1-2H3,(H,17,19). The second-order valence-electron chi connectivity index (χ2n) is 4.97. The van der Waals surface area contributed by atoms with Crippen molar-refractivity contribution in [2.45, 2.75) is 32.3 Å². The smallest absolute Gasteiger partial charge is 0.269 e. The Morgan fingerprint density at radius 1 is 1.35 bits per heavy atom. The van der Waals surface area contributed by atoms with Crippen LogP contribution in [0.3, 0.4) is 0 Å². The average Bonchev–Trinajstić information content (AvgIpc) is 2.82. The van der Waals surface area contributed by atoms with E-state index in [1.54, 1.807) is 0 Å². The number of carbonyl (C=O) groups is 1. The normalized spacial score (nSPS) is 11.8. The molecule has 0 atom stereocenters. The highest BCUT2D eigenvalue weighted by Crippen LogP contribution is 2.27. The average molecular weight is 339 g/mol. The van der Waals surface area contributed by atoms with Gasteiger partial charge in [0.25, 0.3) is 5.91 Å². The topological polar surface area (TPSA) is 65.1 Å². The van der Waals surface area contributed by atoms with Crippen LogP contribution in [-0.2, 0) is 0 Å². The SMILES string of the molecule is CCC(O)(CC)CNC(=O)c1[nH]c2ccccc2c1Br.